The third-order valence-electron chi connectivity index (χ3n) is 1.57. The van der Waals surface area contributed by atoms with Crippen LogP contribution in [0.4, 0.5) is 0 Å². The minimum atomic E-state index is 0.896. The number of halogens is 1. The predicted molar refractivity (Wildman–Crippen MR) is 62.0 cm³/mol. The summed E-state index contributed by atoms with van der Waals surface area (Å²) in [5, 5.41) is 3.35. The van der Waals surface area contributed by atoms with Crippen LogP contribution in [0.2, 0.25) is 0 Å². The van der Waals surface area contributed by atoms with Gasteiger partial charge in [0, 0.05) is 35.7 Å². The van der Waals surface area contributed by atoms with Crippen LogP contribution in [0.3, 0.4) is 0 Å². The normalized spacial score (nSPS) is 10.3. The van der Waals surface area contributed by atoms with E-state index in [2.05, 4.69) is 38.6 Å². The Hall–Kier alpha value is -0.0600. The van der Waals surface area contributed by atoms with Crippen LogP contribution in [-0.2, 0) is 6.54 Å². The van der Waals surface area contributed by atoms with E-state index in [0.717, 1.165) is 23.3 Å². The summed E-state index contributed by atoms with van der Waals surface area (Å²) < 4.78 is 1.04. The number of aromatic nitrogens is 1. The summed E-state index contributed by atoms with van der Waals surface area (Å²) in [5.41, 5.74) is 1.22. The summed E-state index contributed by atoms with van der Waals surface area (Å²) in [6.45, 7) is 1.95. The van der Waals surface area contributed by atoms with E-state index in [4.69, 9.17) is 0 Å². The monoisotopic (exact) mass is 260 g/mol. The molecule has 0 unspecified atom stereocenters. The molecule has 0 amide bonds. The van der Waals surface area contributed by atoms with Gasteiger partial charge < -0.3 is 5.32 Å². The summed E-state index contributed by atoms with van der Waals surface area (Å²) in [6.07, 6.45) is 5.80. The van der Waals surface area contributed by atoms with E-state index in [-0.39, 0.29) is 0 Å². The zero-order valence-electron chi connectivity index (χ0n) is 7.59. The van der Waals surface area contributed by atoms with Crippen molar-refractivity contribution in [3.05, 3.63) is 28.5 Å². The summed E-state index contributed by atoms with van der Waals surface area (Å²) in [4.78, 5) is 4.09. The lowest BCUT2D eigenvalue weighted by atomic mass is 10.3. The first kappa shape index (κ1) is 11.0. The largest absolute Gasteiger partial charge is 0.312 e. The van der Waals surface area contributed by atoms with Crippen LogP contribution in [0.15, 0.2) is 22.9 Å². The van der Waals surface area contributed by atoms with Gasteiger partial charge in [0.1, 0.15) is 0 Å². The minimum Gasteiger partial charge on any atom is -0.312 e. The maximum Gasteiger partial charge on any atom is 0.0410 e. The highest BCUT2D eigenvalue weighted by Crippen LogP contribution is 2.08. The Morgan fingerprint density at radius 1 is 1.54 bits per heavy atom. The quantitative estimate of drug-likeness (QED) is 0.823. The second-order valence-electron chi connectivity index (χ2n) is 2.68. The molecular weight excluding hydrogens is 248 g/mol. The number of nitrogens with zero attached hydrogens (tertiary/aromatic N) is 1. The molecule has 0 radical (unpaired) electrons. The van der Waals surface area contributed by atoms with Crippen molar-refractivity contribution in [2.24, 2.45) is 0 Å². The number of nitrogens with one attached hydrogen (secondary N) is 1. The Balaban J connectivity index is 2.28. The van der Waals surface area contributed by atoms with E-state index in [0.29, 0.717) is 0 Å². The fraction of sp³-hybridized carbons (Fsp3) is 0.444. The van der Waals surface area contributed by atoms with E-state index in [1.165, 1.54) is 5.56 Å². The van der Waals surface area contributed by atoms with Crippen molar-refractivity contribution in [3.8, 4) is 0 Å². The number of thioether (sulfide) groups is 1. The summed E-state index contributed by atoms with van der Waals surface area (Å²) in [5.74, 6) is 1.15. The van der Waals surface area contributed by atoms with Gasteiger partial charge in [0.15, 0.2) is 0 Å². The Labute approximate surface area is 91.7 Å². The van der Waals surface area contributed by atoms with Gasteiger partial charge in [-0.1, -0.05) is 0 Å². The highest BCUT2D eigenvalue weighted by atomic mass is 79.9. The molecule has 1 aromatic rings. The van der Waals surface area contributed by atoms with Gasteiger partial charge in [0.2, 0.25) is 0 Å². The summed E-state index contributed by atoms with van der Waals surface area (Å²) in [7, 11) is 0. The smallest absolute Gasteiger partial charge is 0.0410 e. The second kappa shape index (κ2) is 6.40. The molecule has 0 aliphatic carbocycles. The number of hydrogen-bond donors (Lipinski definition) is 1. The van der Waals surface area contributed by atoms with Gasteiger partial charge in [-0.3, -0.25) is 4.98 Å². The molecular formula is C9H13BrN2S. The van der Waals surface area contributed by atoms with Crippen molar-refractivity contribution in [1.82, 2.24) is 10.3 Å². The molecule has 0 aliphatic heterocycles. The topological polar surface area (TPSA) is 24.9 Å². The molecule has 0 aromatic carbocycles. The molecule has 4 heteroatoms. The molecule has 0 bridgehead atoms. The molecule has 0 fully saturated rings. The molecule has 0 aliphatic rings. The highest BCUT2D eigenvalue weighted by molar-refractivity contribution is 9.10. The van der Waals surface area contributed by atoms with E-state index < -0.39 is 0 Å². The Bertz CT molecular complexity index is 255. The average molecular weight is 261 g/mol. The Morgan fingerprint density at radius 3 is 3.08 bits per heavy atom. The number of hydrogen-bond acceptors (Lipinski definition) is 3. The highest BCUT2D eigenvalue weighted by Gasteiger charge is 1.93. The standard InChI is InChI=1S/C9H13BrN2S/c1-13-3-2-11-5-8-4-9(10)7-12-6-8/h4,6-7,11H,2-3,5H2,1H3. The van der Waals surface area contributed by atoms with Gasteiger partial charge in [0.05, 0.1) is 0 Å². The van der Waals surface area contributed by atoms with Crippen molar-refractivity contribution < 1.29 is 0 Å². The first-order valence-electron chi connectivity index (χ1n) is 4.12. The lowest BCUT2D eigenvalue weighted by molar-refractivity contribution is 0.729. The number of pyridine rings is 1. The molecule has 72 valence electrons. The SMILES string of the molecule is CSCCNCc1cncc(Br)c1. The van der Waals surface area contributed by atoms with E-state index >= 15 is 0 Å². The maximum absolute atomic E-state index is 4.09. The fourth-order valence-electron chi connectivity index (χ4n) is 0.959. The van der Waals surface area contributed by atoms with Crippen molar-refractivity contribution in [2.75, 3.05) is 18.6 Å². The van der Waals surface area contributed by atoms with Crippen molar-refractivity contribution in [3.63, 3.8) is 0 Å². The van der Waals surface area contributed by atoms with Gasteiger partial charge in [-0.15, -0.1) is 0 Å². The molecule has 1 aromatic heterocycles. The maximum atomic E-state index is 4.09. The lowest BCUT2D eigenvalue weighted by Gasteiger charge is -2.03. The van der Waals surface area contributed by atoms with Crippen LogP contribution in [0.25, 0.3) is 0 Å². The summed E-state index contributed by atoms with van der Waals surface area (Å²) in [6, 6.07) is 2.08. The van der Waals surface area contributed by atoms with Gasteiger partial charge in [-0.25, -0.2) is 0 Å². The van der Waals surface area contributed by atoms with Crippen LogP contribution in [0.5, 0.6) is 0 Å². The molecule has 0 spiro atoms. The first-order valence-corrected chi connectivity index (χ1v) is 6.30. The molecule has 0 saturated heterocycles. The molecule has 0 saturated carbocycles. The molecule has 1 rings (SSSR count). The van der Waals surface area contributed by atoms with Crippen molar-refractivity contribution in [1.29, 1.82) is 0 Å². The van der Waals surface area contributed by atoms with E-state index in [1.807, 2.05) is 18.0 Å². The first-order chi connectivity index (χ1) is 6.33. The van der Waals surface area contributed by atoms with Crippen molar-refractivity contribution in [2.45, 2.75) is 6.54 Å². The second-order valence-corrected chi connectivity index (χ2v) is 4.58. The zero-order chi connectivity index (χ0) is 9.52. The fourth-order valence-corrected chi connectivity index (χ4v) is 1.72. The van der Waals surface area contributed by atoms with Gasteiger partial charge in [-0.05, 0) is 33.8 Å². The van der Waals surface area contributed by atoms with Crippen LogP contribution < -0.4 is 5.32 Å². The zero-order valence-corrected chi connectivity index (χ0v) is 9.99. The predicted octanol–water partition coefficient (Wildman–Crippen LogP) is 2.30. The Morgan fingerprint density at radius 2 is 2.38 bits per heavy atom. The lowest BCUT2D eigenvalue weighted by Crippen LogP contribution is -2.16. The van der Waals surface area contributed by atoms with Gasteiger partial charge in [0.25, 0.3) is 0 Å². The van der Waals surface area contributed by atoms with Gasteiger partial charge >= 0.3 is 0 Å². The third kappa shape index (κ3) is 4.64. The third-order valence-corrected chi connectivity index (χ3v) is 2.62. The number of rotatable bonds is 5. The molecule has 0 atom stereocenters. The van der Waals surface area contributed by atoms with Crippen LogP contribution in [0, 0.1) is 0 Å². The average Bonchev–Trinajstić information content (AvgIpc) is 2.13. The molecule has 2 nitrogen and oxygen atoms in total. The summed E-state index contributed by atoms with van der Waals surface area (Å²) >= 11 is 5.24. The van der Waals surface area contributed by atoms with Crippen molar-refractivity contribution >= 4 is 27.7 Å². The van der Waals surface area contributed by atoms with Crippen LogP contribution in [0.1, 0.15) is 5.56 Å². The Kier molecular flexibility index (Phi) is 5.43. The minimum absolute atomic E-state index is 0.896. The molecule has 13 heavy (non-hydrogen) atoms. The van der Waals surface area contributed by atoms with E-state index in [9.17, 15) is 0 Å². The molecule has 1 N–H and O–H groups in total. The van der Waals surface area contributed by atoms with Crippen LogP contribution >= 0.6 is 27.7 Å². The van der Waals surface area contributed by atoms with Gasteiger partial charge in [-0.2, -0.15) is 11.8 Å². The molecule has 1 heterocycles. The van der Waals surface area contributed by atoms with Crippen LogP contribution in [-0.4, -0.2) is 23.5 Å². The van der Waals surface area contributed by atoms with E-state index in [1.54, 1.807) is 6.20 Å².